The predicted octanol–water partition coefficient (Wildman–Crippen LogP) is 3.28. The van der Waals surface area contributed by atoms with Crippen LogP contribution in [-0.4, -0.2) is 44.7 Å². The summed E-state index contributed by atoms with van der Waals surface area (Å²) in [4.78, 5) is 14.7. The van der Waals surface area contributed by atoms with Gasteiger partial charge in [0, 0.05) is 38.1 Å². The van der Waals surface area contributed by atoms with E-state index in [1.54, 1.807) is 14.2 Å². The van der Waals surface area contributed by atoms with Gasteiger partial charge >= 0.3 is 0 Å². The molecule has 0 aliphatic heterocycles. The van der Waals surface area contributed by atoms with Crippen molar-refractivity contribution in [2.24, 2.45) is 0 Å². The number of pyridine rings is 1. The van der Waals surface area contributed by atoms with Crippen LogP contribution < -0.4 is 15.0 Å². The Morgan fingerprint density at radius 2 is 1.81 bits per heavy atom. The first-order chi connectivity index (χ1) is 12.6. The van der Waals surface area contributed by atoms with Gasteiger partial charge in [-0.2, -0.15) is 0 Å². The second-order valence-corrected chi connectivity index (χ2v) is 6.00. The molecule has 0 aliphatic carbocycles. The Bertz CT molecular complexity index is 887. The second kappa shape index (κ2) is 7.93. The minimum Gasteiger partial charge on any atom is -0.497 e. The van der Waals surface area contributed by atoms with Crippen molar-refractivity contribution >= 4 is 22.9 Å². The van der Waals surface area contributed by atoms with Crippen molar-refractivity contribution in [2.45, 2.75) is 0 Å². The van der Waals surface area contributed by atoms with E-state index in [1.165, 1.54) is 0 Å². The number of ether oxygens (including phenoxy) is 2. The second-order valence-electron chi connectivity index (χ2n) is 6.00. The molecule has 0 atom stereocenters. The number of hydrogen-bond acceptors (Lipinski definition) is 4. The lowest BCUT2D eigenvalue weighted by molar-refractivity contribution is 0.102. The third-order valence-corrected chi connectivity index (χ3v) is 4.26. The van der Waals surface area contributed by atoms with E-state index in [2.05, 4.69) is 10.2 Å². The SMILES string of the molecule is COCCN(C)c1ccc2ccc(C(=O)Nc3ccc(OC)cc3)cn12. The first-order valence-electron chi connectivity index (χ1n) is 8.39. The standard InChI is InChI=1S/C20H23N3O3/c1-22(12-13-25-2)19-11-8-17-7-4-15(14-23(17)19)20(24)21-16-5-9-18(26-3)10-6-16/h4-11,14H,12-13H2,1-3H3,(H,21,24). The highest BCUT2D eigenvalue weighted by molar-refractivity contribution is 6.04. The molecule has 2 heterocycles. The normalized spacial score (nSPS) is 10.7. The van der Waals surface area contributed by atoms with Crippen LogP contribution in [0.4, 0.5) is 11.5 Å². The van der Waals surface area contributed by atoms with E-state index >= 15 is 0 Å². The van der Waals surface area contributed by atoms with Crippen LogP contribution in [0.5, 0.6) is 5.75 Å². The topological polar surface area (TPSA) is 55.2 Å². The van der Waals surface area contributed by atoms with Gasteiger partial charge in [-0.15, -0.1) is 0 Å². The van der Waals surface area contributed by atoms with Crippen molar-refractivity contribution in [3.8, 4) is 5.75 Å². The van der Waals surface area contributed by atoms with E-state index in [4.69, 9.17) is 9.47 Å². The van der Waals surface area contributed by atoms with Crippen LogP contribution >= 0.6 is 0 Å². The number of nitrogens with zero attached hydrogens (tertiary/aromatic N) is 2. The fraction of sp³-hybridized carbons (Fsp3) is 0.250. The lowest BCUT2D eigenvalue weighted by Crippen LogP contribution is -2.23. The Labute approximate surface area is 152 Å². The quantitative estimate of drug-likeness (QED) is 0.708. The smallest absolute Gasteiger partial charge is 0.257 e. The van der Waals surface area contributed by atoms with Crippen LogP contribution in [0.3, 0.4) is 0 Å². The summed E-state index contributed by atoms with van der Waals surface area (Å²) in [5, 5.41) is 2.91. The number of benzene rings is 1. The van der Waals surface area contributed by atoms with Crippen molar-refractivity contribution in [3.05, 3.63) is 60.3 Å². The van der Waals surface area contributed by atoms with Crippen LogP contribution in [0.25, 0.3) is 5.52 Å². The monoisotopic (exact) mass is 353 g/mol. The fourth-order valence-corrected chi connectivity index (χ4v) is 2.75. The Hall–Kier alpha value is -2.99. The molecule has 0 bridgehead atoms. The Balaban J connectivity index is 1.81. The molecule has 136 valence electrons. The molecule has 0 saturated carbocycles. The third-order valence-electron chi connectivity index (χ3n) is 4.26. The first-order valence-corrected chi connectivity index (χ1v) is 8.39. The molecular formula is C20H23N3O3. The molecule has 0 aliphatic rings. The average Bonchev–Trinajstić information content (AvgIpc) is 3.10. The van der Waals surface area contributed by atoms with E-state index in [9.17, 15) is 4.79 Å². The summed E-state index contributed by atoms with van der Waals surface area (Å²) < 4.78 is 12.3. The van der Waals surface area contributed by atoms with E-state index in [1.807, 2.05) is 66.2 Å². The number of hydrogen-bond donors (Lipinski definition) is 1. The molecule has 0 saturated heterocycles. The maximum atomic E-state index is 12.6. The van der Waals surface area contributed by atoms with Gasteiger partial charge in [0.05, 0.1) is 19.3 Å². The summed E-state index contributed by atoms with van der Waals surface area (Å²) in [5.41, 5.74) is 2.34. The highest BCUT2D eigenvalue weighted by Crippen LogP contribution is 2.20. The number of methoxy groups -OCH3 is 2. The molecule has 1 N–H and O–H groups in total. The van der Waals surface area contributed by atoms with Gasteiger partial charge in [-0.1, -0.05) is 0 Å². The molecule has 3 rings (SSSR count). The van der Waals surface area contributed by atoms with Gasteiger partial charge in [0.15, 0.2) is 0 Å². The largest absolute Gasteiger partial charge is 0.497 e. The highest BCUT2D eigenvalue weighted by Gasteiger charge is 2.11. The number of fused-ring (bicyclic) bond motifs is 1. The molecule has 1 amide bonds. The molecule has 6 heteroatoms. The van der Waals surface area contributed by atoms with Crippen molar-refractivity contribution in [1.29, 1.82) is 0 Å². The zero-order valence-corrected chi connectivity index (χ0v) is 15.2. The minimum atomic E-state index is -0.156. The molecule has 26 heavy (non-hydrogen) atoms. The van der Waals surface area contributed by atoms with E-state index in [0.29, 0.717) is 12.2 Å². The Morgan fingerprint density at radius 1 is 1.08 bits per heavy atom. The zero-order chi connectivity index (χ0) is 18.5. The Kier molecular flexibility index (Phi) is 5.43. The fourth-order valence-electron chi connectivity index (χ4n) is 2.75. The molecule has 0 spiro atoms. The van der Waals surface area contributed by atoms with Crippen LogP contribution in [0.2, 0.25) is 0 Å². The van der Waals surface area contributed by atoms with Crippen LogP contribution in [-0.2, 0) is 4.74 Å². The van der Waals surface area contributed by atoms with E-state index < -0.39 is 0 Å². The molecule has 2 aromatic heterocycles. The summed E-state index contributed by atoms with van der Waals surface area (Å²) >= 11 is 0. The molecule has 3 aromatic rings. The van der Waals surface area contributed by atoms with Gasteiger partial charge < -0.3 is 24.1 Å². The summed E-state index contributed by atoms with van der Waals surface area (Å²) in [5.74, 6) is 1.60. The minimum absolute atomic E-state index is 0.156. The zero-order valence-electron chi connectivity index (χ0n) is 15.2. The van der Waals surface area contributed by atoms with Crippen molar-refractivity contribution in [3.63, 3.8) is 0 Å². The lowest BCUT2D eigenvalue weighted by Gasteiger charge is -2.18. The maximum absolute atomic E-state index is 12.6. The van der Waals surface area contributed by atoms with Crippen molar-refractivity contribution in [1.82, 2.24) is 4.40 Å². The number of nitrogens with one attached hydrogen (secondary N) is 1. The predicted molar refractivity (Wildman–Crippen MR) is 103 cm³/mol. The van der Waals surface area contributed by atoms with Gasteiger partial charge in [-0.05, 0) is 48.5 Å². The average molecular weight is 353 g/mol. The van der Waals surface area contributed by atoms with Gasteiger partial charge in [-0.25, -0.2) is 0 Å². The van der Waals surface area contributed by atoms with Crippen LogP contribution in [0.15, 0.2) is 54.7 Å². The molecule has 0 fully saturated rings. The van der Waals surface area contributed by atoms with Crippen molar-refractivity contribution in [2.75, 3.05) is 44.6 Å². The lowest BCUT2D eigenvalue weighted by atomic mass is 10.2. The summed E-state index contributed by atoms with van der Waals surface area (Å²) in [6.45, 7) is 1.41. The van der Waals surface area contributed by atoms with Crippen molar-refractivity contribution < 1.29 is 14.3 Å². The number of aromatic nitrogens is 1. The van der Waals surface area contributed by atoms with Gasteiger partial charge in [0.1, 0.15) is 11.6 Å². The number of anilines is 2. The molecular weight excluding hydrogens is 330 g/mol. The number of carbonyl (C=O) groups excluding carboxylic acids is 1. The maximum Gasteiger partial charge on any atom is 0.257 e. The number of amides is 1. The number of carbonyl (C=O) groups is 1. The van der Waals surface area contributed by atoms with Crippen LogP contribution in [0.1, 0.15) is 10.4 Å². The van der Waals surface area contributed by atoms with E-state index in [0.717, 1.165) is 29.3 Å². The first kappa shape index (κ1) is 17.8. The van der Waals surface area contributed by atoms with Gasteiger partial charge in [-0.3, -0.25) is 4.79 Å². The summed E-state index contributed by atoms with van der Waals surface area (Å²) in [7, 11) is 5.30. The van der Waals surface area contributed by atoms with Crippen LogP contribution in [0, 0.1) is 0 Å². The highest BCUT2D eigenvalue weighted by atomic mass is 16.5. The van der Waals surface area contributed by atoms with E-state index in [-0.39, 0.29) is 5.91 Å². The third kappa shape index (κ3) is 3.81. The molecule has 1 aromatic carbocycles. The van der Waals surface area contributed by atoms with Gasteiger partial charge in [0.2, 0.25) is 0 Å². The number of likely N-dealkylation sites (N-methyl/N-ethyl adjacent to an activating group) is 1. The Morgan fingerprint density at radius 3 is 2.50 bits per heavy atom. The molecule has 0 unspecified atom stereocenters. The molecule has 6 nitrogen and oxygen atoms in total. The number of rotatable bonds is 7. The van der Waals surface area contributed by atoms with Gasteiger partial charge in [0.25, 0.3) is 5.91 Å². The summed E-state index contributed by atoms with van der Waals surface area (Å²) in [6, 6.07) is 15.1. The molecule has 0 radical (unpaired) electrons. The summed E-state index contributed by atoms with van der Waals surface area (Å²) in [6.07, 6.45) is 1.85.